The lowest BCUT2D eigenvalue weighted by Crippen LogP contribution is -2.42. The number of hydrogen-bond donors (Lipinski definition) is 0. The van der Waals surface area contributed by atoms with E-state index in [1.54, 1.807) is 11.0 Å². The molecular formula is C12H14FNO2. The summed E-state index contributed by atoms with van der Waals surface area (Å²) >= 11 is 0. The highest BCUT2D eigenvalue weighted by Crippen LogP contribution is 2.22. The van der Waals surface area contributed by atoms with Crippen molar-refractivity contribution in [1.29, 1.82) is 0 Å². The molecule has 0 bridgehead atoms. The van der Waals surface area contributed by atoms with Gasteiger partial charge in [-0.3, -0.25) is 4.79 Å². The van der Waals surface area contributed by atoms with Crippen LogP contribution in [-0.2, 0) is 9.53 Å². The maximum absolute atomic E-state index is 13.0. The van der Waals surface area contributed by atoms with Gasteiger partial charge in [-0.25, -0.2) is 4.39 Å². The van der Waals surface area contributed by atoms with Gasteiger partial charge in [0.05, 0.1) is 6.54 Å². The third kappa shape index (κ3) is 2.22. The van der Waals surface area contributed by atoms with E-state index in [2.05, 4.69) is 0 Å². The number of amides is 1. The molecule has 1 aliphatic heterocycles. The summed E-state index contributed by atoms with van der Waals surface area (Å²) in [5, 5.41) is 0. The molecule has 1 amide bonds. The van der Waals surface area contributed by atoms with E-state index in [0.29, 0.717) is 13.1 Å². The SMILES string of the molecule is CCN1CC(c2cccc(F)c2)OCC1=O. The minimum atomic E-state index is -0.277. The summed E-state index contributed by atoms with van der Waals surface area (Å²) in [5.74, 6) is -0.281. The first-order chi connectivity index (χ1) is 7.70. The summed E-state index contributed by atoms with van der Waals surface area (Å²) in [6.07, 6.45) is -0.214. The number of ether oxygens (including phenoxy) is 1. The summed E-state index contributed by atoms with van der Waals surface area (Å²) < 4.78 is 18.4. The second-order valence-corrected chi connectivity index (χ2v) is 3.79. The van der Waals surface area contributed by atoms with Gasteiger partial charge in [-0.2, -0.15) is 0 Å². The van der Waals surface area contributed by atoms with Gasteiger partial charge in [0.2, 0.25) is 5.91 Å². The van der Waals surface area contributed by atoms with Crippen LogP contribution in [0.25, 0.3) is 0 Å². The van der Waals surface area contributed by atoms with Crippen molar-refractivity contribution in [2.24, 2.45) is 0 Å². The highest BCUT2D eigenvalue weighted by atomic mass is 19.1. The summed E-state index contributed by atoms with van der Waals surface area (Å²) in [7, 11) is 0. The molecule has 1 aromatic carbocycles. The van der Waals surface area contributed by atoms with Crippen molar-refractivity contribution in [3.8, 4) is 0 Å². The van der Waals surface area contributed by atoms with Gasteiger partial charge in [0, 0.05) is 6.54 Å². The average molecular weight is 223 g/mol. The third-order valence-corrected chi connectivity index (χ3v) is 2.75. The number of hydrogen-bond acceptors (Lipinski definition) is 2. The molecule has 1 unspecified atom stereocenters. The highest BCUT2D eigenvalue weighted by molar-refractivity contribution is 5.78. The van der Waals surface area contributed by atoms with Crippen LogP contribution in [0.1, 0.15) is 18.6 Å². The van der Waals surface area contributed by atoms with E-state index in [1.807, 2.05) is 13.0 Å². The van der Waals surface area contributed by atoms with Crippen molar-refractivity contribution in [2.45, 2.75) is 13.0 Å². The Morgan fingerprint density at radius 1 is 1.56 bits per heavy atom. The van der Waals surface area contributed by atoms with Gasteiger partial charge in [0.25, 0.3) is 0 Å². The predicted molar refractivity (Wildman–Crippen MR) is 57.3 cm³/mol. The minimum absolute atomic E-state index is 0.00449. The number of carbonyl (C=O) groups is 1. The molecule has 0 aliphatic carbocycles. The fraction of sp³-hybridized carbons (Fsp3) is 0.417. The molecule has 4 heteroatoms. The number of nitrogens with zero attached hydrogens (tertiary/aromatic N) is 1. The number of benzene rings is 1. The molecule has 0 aromatic heterocycles. The zero-order valence-corrected chi connectivity index (χ0v) is 9.15. The molecule has 0 spiro atoms. The first kappa shape index (κ1) is 11.1. The van der Waals surface area contributed by atoms with Crippen molar-refractivity contribution in [1.82, 2.24) is 4.90 Å². The minimum Gasteiger partial charge on any atom is -0.362 e. The Balaban J connectivity index is 2.14. The van der Waals surface area contributed by atoms with E-state index < -0.39 is 0 Å². The van der Waals surface area contributed by atoms with Gasteiger partial charge in [-0.05, 0) is 24.6 Å². The Kier molecular flexibility index (Phi) is 3.19. The first-order valence-corrected chi connectivity index (χ1v) is 5.35. The van der Waals surface area contributed by atoms with Gasteiger partial charge >= 0.3 is 0 Å². The van der Waals surface area contributed by atoms with Gasteiger partial charge < -0.3 is 9.64 Å². The maximum atomic E-state index is 13.0. The van der Waals surface area contributed by atoms with Crippen LogP contribution in [0.4, 0.5) is 4.39 Å². The monoisotopic (exact) mass is 223 g/mol. The molecule has 0 saturated carbocycles. The van der Waals surface area contributed by atoms with E-state index in [0.717, 1.165) is 5.56 Å². The summed E-state index contributed by atoms with van der Waals surface area (Å²) in [5.41, 5.74) is 0.783. The molecule has 1 saturated heterocycles. The zero-order valence-electron chi connectivity index (χ0n) is 9.15. The summed E-state index contributed by atoms with van der Waals surface area (Å²) in [4.78, 5) is 13.1. The molecule has 2 rings (SSSR count). The van der Waals surface area contributed by atoms with Crippen molar-refractivity contribution in [2.75, 3.05) is 19.7 Å². The summed E-state index contributed by atoms with van der Waals surface area (Å²) in [6.45, 7) is 3.16. The van der Waals surface area contributed by atoms with Crippen molar-refractivity contribution in [3.05, 3.63) is 35.6 Å². The van der Waals surface area contributed by atoms with Crippen LogP contribution >= 0.6 is 0 Å². The Morgan fingerprint density at radius 3 is 3.06 bits per heavy atom. The van der Waals surface area contributed by atoms with Crippen LogP contribution in [0.3, 0.4) is 0 Å². The van der Waals surface area contributed by atoms with Crippen LogP contribution in [0.15, 0.2) is 24.3 Å². The topological polar surface area (TPSA) is 29.5 Å². The third-order valence-electron chi connectivity index (χ3n) is 2.75. The predicted octanol–water partition coefficient (Wildman–Crippen LogP) is 1.75. The molecule has 1 fully saturated rings. The first-order valence-electron chi connectivity index (χ1n) is 5.35. The van der Waals surface area contributed by atoms with E-state index in [1.165, 1.54) is 12.1 Å². The molecule has 0 N–H and O–H groups in total. The van der Waals surface area contributed by atoms with E-state index in [-0.39, 0.29) is 24.4 Å². The molecular weight excluding hydrogens is 209 g/mol. The van der Waals surface area contributed by atoms with Gasteiger partial charge in [-0.1, -0.05) is 12.1 Å². The molecule has 1 atom stereocenters. The number of carbonyl (C=O) groups excluding carboxylic acids is 1. The number of rotatable bonds is 2. The van der Waals surface area contributed by atoms with Crippen LogP contribution in [0, 0.1) is 5.82 Å². The average Bonchev–Trinajstić information content (AvgIpc) is 2.29. The molecule has 0 radical (unpaired) electrons. The lowest BCUT2D eigenvalue weighted by atomic mass is 10.1. The van der Waals surface area contributed by atoms with Crippen LogP contribution in [-0.4, -0.2) is 30.5 Å². The molecule has 1 heterocycles. The van der Waals surface area contributed by atoms with Crippen molar-refractivity contribution < 1.29 is 13.9 Å². The van der Waals surface area contributed by atoms with E-state index >= 15 is 0 Å². The Bertz CT molecular complexity index is 394. The summed E-state index contributed by atoms with van der Waals surface area (Å²) in [6, 6.07) is 6.32. The quantitative estimate of drug-likeness (QED) is 0.764. The van der Waals surface area contributed by atoms with Crippen LogP contribution in [0.2, 0.25) is 0 Å². The Hall–Kier alpha value is -1.42. The van der Waals surface area contributed by atoms with Crippen molar-refractivity contribution in [3.63, 3.8) is 0 Å². The zero-order chi connectivity index (χ0) is 11.5. The molecule has 3 nitrogen and oxygen atoms in total. The second kappa shape index (κ2) is 4.61. The normalized spacial score (nSPS) is 21.2. The molecule has 16 heavy (non-hydrogen) atoms. The lowest BCUT2D eigenvalue weighted by Gasteiger charge is -2.32. The number of likely N-dealkylation sites (N-methyl/N-ethyl adjacent to an activating group) is 1. The Morgan fingerprint density at radius 2 is 2.38 bits per heavy atom. The van der Waals surface area contributed by atoms with Gasteiger partial charge in [0.15, 0.2) is 0 Å². The van der Waals surface area contributed by atoms with Crippen LogP contribution in [0.5, 0.6) is 0 Å². The van der Waals surface area contributed by atoms with Gasteiger partial charge in [-0.15, -0.1) is 0 Å². The molecule has 1 aliphatic rings. The highest BCUT2D eigenvalue weighted by Gasteiger charge is 2.26. The smallest absolute Gasteiger partial charge is 0.248 e. The lowest BCUT2D eigenvalue weighted by molar-refractivity contribution is -0.148. The van der Waals surface area contributed by atoms with E-state index in [9.17, 15) is 9.18 Å². The largest absolute Gasteiger partial charge is 0.362 e. The van der Waals surface area contributed by atoms with E-state index in [4.69, 9.17) is 4.74 Å². The maximum Gasteiger partial charge on any atom is 0.248 e. The van der Waals surface area contributed by atoms with Gasteiger partial charge in [0.1, 0.15) is 18.5 Å². The fourth-order valence-corrected chi connectivity index (χ4v) is 1.83. The molecule has 1 aromatic rings. The number of halogens is 1. The number of morpholine rings is 1. The standard InChI is InChI=1S/C12H14FNO2/c1-2-14-7-11(16-8-12(14)15)9-4-3-5-10(13)6-9/h3-6,11H,2,7-8H2,1H3. The van der Waals surface area contributed by atoms with Crippen LogP contribution < -0.4 is 0 Å². The fourth-order valence-electron chi connectivity index (χ4n) is 1.83. The second-order valence-electron chi connectivity index (χ2n) is 3.79. The molecule has 86 valence electrons. The Labute approximate surface area is 93.8 Å². The van der Waals surface area contributed by atoms with Crippen molar-refractivity contribution >= 4 is 5.91 Å².